The van der Waals surface area contributed by atoms with Crippen molar-refractivity contribution in [3.8, 4) is 0 Å². The molecule has 0 saturated heterocycles. The molecule has 0 saturated carbocycles. The van der Waals surface area contributed by atoms with Gasteiger partial charge in [-0.2, -0.15) is 0 Å². The highest BCUT2D eigenvalue weighted by atomic mass is 127. The smallest absolute Gasteiger partial charge is 0.137 e. The summed E-state index contributed by atoms with van der Waals surface area (Å²) in [5.74, 6) is 0. The predicted molar refractivity (Wildman–Crippen MR) is 63.2 cm³/mol. The number of hydrogen-bond acceptors (Lipinski definition) is 1. The van der Waals surface area contributed by atoms with Crippen LogP contribution in [0.4, 0.5) is 0 Å². The van der Waals surface area contributed by atoms with E-state index in [2.05, 4.69) is 47.1 Å². The fourth-order valence-corrected chi connectivity index (χ4v) is 1.15. The molecule has 0 spiro atoms. The molecule has 2 N–H and O–H groups in total. The van der Waals surface area contributed by atoms with Crippen molar-refractivity contribution in [2.24, 2.45) is 12.0 Å². The molecule has 1 nitrogen and oxygen atoms in total. The average Bonchev–Trinajstić information content (AvgIpc) is 2.20. The number of aryl methyl sites for hydroxylation is 1. The van der Waals surface area contributed by atoms with Gasteiger partial charge >= 0.3 is 0 Å². The van der Waals surface area contributed by atoms with E-state index in [1.165, 1.54) is 0 Å². The molecular formula is C6H11INS2+. The minimum absolute atomic E-state index is 0. The van der Waals surface area contributed by atoms with Crippen molar-refractivity contribution in [3.05, 3.63) is 22.9 Å². The van der Waals surface area contributed by atoms with E-state index in [0.717, 1.165) is 5.49 Å². The van der Waals surface area contributed by atoms with E-state index >= 15 is 0 Å². The molecule has 0 amide bonds. The van der Waals surface area contributed by atoms with Crippen LogP contribution in [0.3, 0.4) is 0 Å². The molecule has 58 valence electrons. The highest BCUT2D eigenvalue weighted by Gasteiger charge is 1.84. The van der Waals surface area contributed by atoms with Crippen LogP contribution >= 0.6 is 46.7 Å². The SMILES string of the molecule is C[s+]1cccc1.I.NC=S. The Balaban J connectivity index is 0. The van der Waals surface area contributed by atoms with Crippen molar-refractivity contribution in [3.63, 3.8) is 0 Å². The van der Waals surface area contributed by atoms with Gasteiger partial charge in [0.05, 0.1) is 5.49 Å². The van der Waals surface area contributed by atoms with Gasteiger partial charge in [-0.25, -0.2) is 0 Å². The second kappa shape index (κ2) is 9.32. The van der Waals surface area contributed by atoms with Gasteiger partial charge in [0.25, 0.3) is 0 Å². The fourth-order valence-electron chi connectivity index (χ4n) is 0.384. The zero-order valence-electron chi connectivity index (χ0n) is 5.69. The van der Waals surface area contributed by atoms with Gasteiger partial charge < -0.3 is 5.73 Å². The van der Waals surface area contributed by atoms with Crippen LogP contribution in [0, 0.1) is 0 Å². The first-order valence-corrected chi connectivity index (χ1v) is 4.68. The first-order chi connectivity index (χ1) is 4.31. The van der Waals surface area contributed by atoms with E-state index in [1.807, 2.05) is 0 Å². The van der Waals surface area contributed by atoms with Crippen LogP contribution in [0.1, 0.15) is 0 Å². The maximum Gasteiger partial charge on any atom is 0.137 e. The molecule has 0 fully saturated rings. The molecule has 0 aliphatic rings. The Labute approximate surface area is 86.6 Å². The van der Waals surface area contributed by atoms with E-state index in [-0.39, 0.29) is 24.0 Å². The van der Waals surface area contributed by atoms with Crippen molar-refractivity contribution >= 4 is 52.2 Å². The Morgan fingerprint density at radius 3 is 1.80 bits per heavy atom. The summed E-state index contributed by atoms with van der Waals surface area (Å²) in [5, 5.41) is 4.39. The molecule has 1 heterocycles. The second-order valence-electron chi connectivity index (χ2n) is 1.40. The Kier molecular flexibility index (Phi) is 12.1. The zero-order chi connectivity index (χ0) is 7.11. The summed E-state index contributed by atoms with van der Waals surface area (Å²) in [6, 6.07) is 4.17. The van der Waals surface area contributed by atoms with Gasteiger partial charge in [-0.3, -0.25) is 0 Å². The third-order valence-electron chi connectivity index (χ3n) is 0.698. The lowest BCUT2D eigenvalue weighted by Crippen LogP contribution is -1.79. The highest BCUT2D eigenvalue weighted by molar-refractivity contribution is 14.0. The molecule has 10 heavy (non-hydrogen) atoms. The number of nitrogens with two attached hydrogens (primary N) is 1. The van der Waals surface area contributed by atoms with Crippen molar-refractivity contribution in [1.82, 2.24) is 0 Å². The number of thiophene rings is 1. The van der Waals surface area contributed by atoms with E-state index < -0.39 is 0 Å². The maximum atomic E-state index is 4.54. The van der Waals surface area contributed by atoms with Crippen LogP contribution in [-0.4, -0.2) is 5.49 Å². The minimum atomic E-state index is 0. The van der Waals surface area contributed by atoms with Gasteiger partial charge in [-0.05, 0) is 22.6 Å². The van der Waals surface area contributed by atoms with Gasteiger partial charge in [0.1, 0.15) is 17.0 Å². The molecule has 0 bridgehead atoms. The van der Waals surface area contributed by atoms with Crippen molar-refractivity contribution in [2.45, 2.75) is 0 Å². The van der Waals surface area contributed by atoms with E-state index in [4.69, 9.17) is 0 Å². The van der Waals surface area contributed by atoms with Gasteiger partial charge in [0.15, 0.2) is 0 Å². The number of rotatable bonds is 0. The molecule has 0 radical (unpaired) electrons. The molecular weight excluding hydrogens is 277 g/mol. The first kappa shape index (κ1) is 12.9. The lowest BCUT2D eigenvalue weighted by molar-refractivity contribution is 1.93. The van der Waals surface area contributed by atoms with Crippen molar-refractivity contribution in [2.75, 3.05) is 0 Å². The van der Waals surface area contributed by atoms with E-state index in [1.54, 1.807) is 0 Å². The van der Waals surface area contributed by atoms with Gasteiger partial charge in [-0.1, -0.05) is 12.2 Å². The third-order valence-corrected chi connectivity index (χ3v) is 1.87. The Bertz CT molecular complexity index is 151. The summed E-state index contributed by atoms with van der Waals surface area (Å²) >= 11 is 4.05. The quantitative estimate of drug-likeness (QED) is 0.451. The lowest BCUT2D eigenvalue weighted by atomic mass is 10.7. The molecule has 1 aromatic rings. The highest BCUT2D eigenvalue weighted by Crippen LogP contribution is 2.08. The normalized spacial score (nSPS) is 6.50. The zero-order valence-corrected chi connectivity index (χ0v) is 9.65. The number of thiocarbonyl (C=S) groups is 1. The topological polar surface area (TPSA) is 26.0 Å². The summed E-state index contributed by atoms with van der Waals surface area (Å²) in [6.45, 7) is 0. The van der Waals surface area contributed by atoms with Crippen molar-refractivity contribution in [1.29, 1.82) is 0 Å². The van der Waals surface area contributed by atoms with Gasteiger partial charge in [0, 0.05) is 0 Å². The molecule has 0 unspecified atom stereocenters. The number of hydrogen-bond donors (Lipinski definition) is 1. The Hall–Kier alpha value is 0.320. The minimum Gasteiger partial charge on any atom is -0.396 e. The third kappa shape index (κ3) is 8.32. The Morgan fingerprint density at radius 2 is 1.70 bits per heavy atom. The summed E-state index contributed by atoms with van der Waals surface area (Å²) in [7, 11) is 0.466. The average molecular weight is 288 g/mol. The molecule has 1 rings (SSSR count). The van der Waals surface area contributed by atoms with Crippen LogP contribution in [0.5, 0.6) is 0 Å². The standard InChI is InChI=1S/C5H7S.CH3NS.HI/c1-6-4-2-3-5-6;2-1-3;/h2-5H,1H3;1H,(H2,2,3);1H/q+1;;. The van der Waals surface area contributed by atoms with Gasteiger partial charge in [-0.15, -0.1) is 24.0 Å². The second-order valence-corrected chi connectivity index (χ2v) is 3.43. The summed E-state index contributed by atoms with van der Waals surface area (Å²) in [5.41, 5.74) is 5.62. The lowest BCUT2D eigenvalue weighted by Gasteiger charge is -1.56. The fraction of sp³-hybridized carbons (Fsp3) is 0.167. The van der Waals surface area contributed by atoms with Crippen LogP contribution in [0.15, 0.2) is 22.9 Å². The Morgan fingerprint density at radius 1 is 1.40 bits per heavy atom. The summed E-state index contributed by atoms with van der Waals surface area (Å²) in [4.78, 5) is 0. The van der Waals surface area contributed by atoms with Crippen LogP contribution in [0.2, 0.25) is 0 Å². The molecule has 4 heteroatoms. The summed E-state index contributed by atoms with van der Waals surface area (Å²) in [6.07, 6.45) is 2.19. The number of halogens is 1. The van der Waals surface area contributed by atoms with Crippen LogP contribution in [-0.2, 0) is 6.26 Å². The van der Waals surface area contributed by atoms with E-state index in [9.17, 15) is 0 Å². The predicted octanol–water partition coefficient (Wildman–Crippen LogP) is 2.49. The molecule has 1 aromatic heterocycles. The molecule has 0 atom stereocenters. The largest absolute Gasteiger partial charge is 0.396 e. The maximum absolute atomic E-state index is 4.54. The van der Waals surface area contributed by atoms with Crippen molar-refractivity contribution < 1.29 is 0 Å². The van der Waals surface area contributed by atoms with Crippen LogP contribution in [0.25, 0.3) is 0 Å². The van der Waals surface area contributed by atoms with E-state index in [0.29, 0.717) is 10.5 Å². The molecule has 0 aromatic carbocycles. The molecule has 0 aliphatic carbocycles. The van der Waals surface area contributed by atoms with Gasteiger partial charge in [0.2, 0.25) is 0 Å². The van der Waals surface area contributed by atoms with Crippen LogP contribution < -0.4 is 5.73 Å². The summed E-state index contributed by atoms with van der Waals surface area (Å²) < 4.78 is 0. The molecule has 0 aliphatic heterocycles. The monoisotopic (exact) mass is 288 g/mol. The first-order valence-electron chi connectivity index (χ1n) is 2.45.